The van der Waals surface area contributed by atoms with Crippen LogP contribution in [0.15, 0.2) is 65.7 Å². The molecule has 5 nitrogen and oxygen atoms in total. The number of nitrogens with one attached hydrogen (secondary N) is 1. The quantitative estimate of drug-likeness (QED) is 0.666. The minimum Gasteiger partial charge on any atom is -0.396 e. The lowest BCUT2D eigenvalue weighted by atomic mass is 10.00. The minimum atomic E-state index is -3.79. The predicted octanol–water partition coefficient (Wildman–Crippen LogP) is 2.50. The fourth-order valence-corrected chi connectivity index (χ4v) is 4.12. The molecule has 2 N–H and O–H groups in total. The molecule has 0 aliphatic heterocycles. The van der Waals surface area contributed by atoms with Crippen molar-refractivity contribution >= 4 is 20.9 Å². The molecule has 2 aromatic carbocycles. The van der Waals surface area contributed by atoms with Gasteiger partial charge in [0.1, 0.15) is 5.82 Å². The van der Waals surface area contributed by atoms with Crippen molar-refractivity contribution in [2.24, 2.45) is 5.92 Å². The molecular formula is C19H19FN2O3S. The Labute approximate surface area is 151 Å². The smallest absolute Gasteiger partial charge is 0.241 e. The second-order valence-corrected chi connectivity index (χ2v) is 7.76. The van der Waals surface area contributed by atoms with Crippen LogP contribution in [-0.4, -0.2) is 31.7 Å². The van der Waals surface area contributed by atoms with E-state index in [1.54, 1.807) is 48.7 Å². The second-order valence-electron chi connectivity index (χ2n) is 6.02. The Morgan fingerprint density at radius 1 is 1.08 bits per heavy atom. The highest BCUT2D eigenvalue weighted by atomic mass is 32.2. The highest BCUT2D eigenvalue weighted by Gasteiger charge is 2.20. The van der Waals surface area contributed by atoms with Crippen LogP contribution < -0.4 is 4.72 Å². The molecule has 0 amide bonds. The maximum absolute atomic E-state index is 13.8. The van der Waals surface area contributed by atoms with Crippen LogP contribution in [0.1, 0.15) is 5.56 Å². The summed E-state index contributed by atoms with van der Waals surface area (Å²) >= 11 is 0. The number of aromatic nitrogens is 1. The predicted molar refractivity (Wildman–Crippen MR) is 97.6 cm³/mol. The van der Waals surface area contributed by atoms with E-state index in [1.165, 1.54) is 12.1 Å². The number of rotatable bonds is 7. The molecule has 0 fully saturated rings. The Bertz CT molecular complexity index is 1000. The van der Waals surface area contributed by atoms with Crippen molar-refractivity contribution in [1.82, 2.24) is 9.71 Å². The normalized spacial score (nSPS) is 13.0. The highest BCUT2D eigenvalue weighted by molar-refractivity contribution is 7.89. The van der Waals surface area contributed by atoms with Gasteiger partial charge in [-0.2, -0.15) is 0 Å². The first kappa shape index (κ1) is 18.4. The third-order valence-corrected chi connectivity index (χ3v) is 5.66. The maximum Gasteiger partial charge on any atom is 0.241 e. The number of pyridine rings is 1. The van der Waals surface area contributed by atoms with Crippen LogP contribution >= 0.6 is 0 Å². The largest absolute Gasteiger partial charge is 0.396 e. The Balaban J connectivity index is 1.77. The van der Waals surface area contributed by atoms with E-state index in [1.807, 2.05) is 0 Å². The standard InChI is InChI=1S/C19H19FN2O3S/c20-17-7-2-1-5-15(17)11-14(13-23)12-22-26(24,25)19-9-3-8-18-16(19)6-4-10-21-18/h1-10,14,22-23H,11-13H2. The zero-order valence-electron chi connectivity index (χ0n) is 14.0. The van der Waals surface area contributed by atoms with Crippen molar-refractivity contribution in [3.63, 3.8) is 0 Å². The van der Waals surface area contributed by atoms with Gasteiger partial charge in [0.15, 0.2) is 0 Å². The van der Waals surface area contributed by atoms with Gasteiger partial charge in [-0.25, -0.2) is 17.5 Å². The number of nitrogens with zero attached hydrogens (tertiary/aromatic N) is 1. The fourth-order valence-electron chi connectivity index (χ4n) is 2.79. The fraction of sp³-hybridized carbons (Fsp3) is 0.211. The third-order valence-electron chi connectivity index (χ3n) is 4.18. The van der Waals surface area contributed by atoms with Gasteiger partial charge < -0.3 is 5.11 Å². The van der Waals surface area contributed by atoms with Gasteiger partial charge in [0.25, 0.3) is 0 Å². The first-order valence-electron chi connectivity index (χ1n) is 8.19. The van der Waals surface area contributed by atoms with Crippen molar-refractivity contribution in [2.45, 2.75) is 11.3 Å². The SMILES string of the molecule is O=S(=O)(NCC(CO)Cc1ccccc1F)c1cccc2ncccc12. The van der Waals surface area contributed by atoms with Crippen LogP contribution in [0.25, 0.3) is 10.9 Å². The summed E-state index contributed by atoms with van der Waals surface area (Å²) in [5, 5.41) is 10.1. The minimum absolute atomic E-state index is 0.00379. The molecule has 0 saturated carbocycles. The molecule has 0 spiro atoms. The number of benzene rings is 2. The number of fused-ring (bicyclic) bond motifs is 1. The lowest BCUT2D eigenvalue weighted by Crippen LogP contribution is -2.32. The molecule has 136 valence electrons. The summed E-state index contributed by atoms with van der Waals surface area (Å²) in [5.41, 5.74) is 1.03. The molecule has 1 atom stereocenters. The Kier molecular flexibility index (Phi) is 5.61. The molecule has 26 heavy (non-hydrogen) atoms. The van der Waals surface area contributed by atoms with Gasteiger partial charge in [0, 0.05) is 24.7 Å². The van der Waals surface area contributed by atoms with E-state index in [-0.39, 0.29) is 30.3 Å². The summed E-state index contributed by atoms with van der Waals surface area (Å²) in [6.45, 7) is -0.252. The first-order chi connectivity index (χ1) is 12.5. The number of aliphatic hydroxyl groups is 1. The zero-order valence-corrected chi connectivity index (χ0v) is 14.8. The van der Waals surface area contributed by atoms with E-state index in [9.17, 15) is 17.9 Å². The maximum atomic E-state index is 13.8. The topological polar surface area (TPSA) is 79.3 Å². The molecule has 0 radical (unpaired) electrons. The molecule has 7 heteroatoms. The lowest BCUT2D eigenvalue weighted by Gasteiger charge is -2.16. The zero-order chi connectivity index (χ0) is 18.6. The highest BCUT2D eigenvalue weighted by Crippen LogP contribution is 2.21. The summed E-state index contributed by atoms with van der Waals surface area (Å²) in [5.74, 6) is -0.802. The van der Waals surface area contributed by atoms with E-state index in [4.69, 9.17) is 0 Å². The van der Waals surface area contributed by atoms with Gasteiger partial charge in [-0.1, -0.05) is 24.3 Å². The van der Waals surface area contributed by atoms with Crippen molar-refractivity contribution in [3.05, 3.63) is 72.2 Å². The molecule has 3 aromatic rings. The van der Waals surface area contributed by atoms with Gasteiger partial charge in [-0.3, -0.25) is 4.98 Å². The molecule has 3 rings (SSSR count). The molecule has 1 heterocycles. The van der Waals surface area contributed by atoms with Crippen molar-refractivity contribution in [1.29, 1.82) is 0 Å². The van der Waals surface area contributed by atoms with Gasteiger partial charge >= 0.3 is 0 Å². The summed E-state index contributed by atoms with van der Waals surface area (Å²) in [6, 6.07) is 14.5. The van der Waals surface area contributed by atoms with E-state index in [0.717, 1.165) is 0 Å². The number of halogens is 1. The number of hydrogen-bond donors (Lipinski definition) is 2. The summed E-state index contributed by atoms with van der Waals surface area (Å²) < 4.78 is 41.7. The molecule has 1 aromatic heterocycles. The van der Waals surface area contributed by atoms with E-state index >= 15 is 0 Å². The van der Waals surface area contributed by atoms with Gasteiger partial charge in [0.05, 0.1) is 10.4 Å². The second kappa shape index (κ2) is 7.90. The molecule has 0 aliphatic rings. The van der Waals surface area contributed by atoms with Crippen LogP contribution in [0.3, 0.4) is 0 Å². The Morgan fingerprint density at radius 3 is 2.65 bits per heavy atom. The first-order valence-corrected chi connectivity index (χ1v) is 9.67. The van der Waals surface area contributed by atoms with Gasteiger partial charge in [0.2, 0.25) is 10.0 Å². The van der Waals surface area contributed by atoms with Gasteiger partial charge in [-0.15, -0.1) is 0 Å². The molecule has 0 bridgehead atoms. The van der Waals surface area contributed by atoms with Crippen LogP contribution in [0.4, 0.5) is 4.39 Å². The van der Waals surface area contributed by atoms with E-state index < -0.39 is 15.9 Å². The monoisotopic (exact) mass is 374 g/mol. The molecule has 0 aliphatic carbocycles. The van der Waals surface area contributed by atoms with Crippen LogP contribution in [0.2, 0.25) is 0 Å². The molecule has 1 unspecified atom stereocenters. The number of sulfonamides is 1. The third kappa shape index (κ3) is 4.07. The Hall–Kier alpha value is -2.35. The van der Waals surface area contributed by atoms with Crippen LogP contribution in [0, 0.1) is 11.7 Å². The average Bonchev–Trinajstić information content (AvgIpc) is 2.66. The van der Waals surface area contributed by atoms with E-state index in [2.05, 4.69) is 9.71 Å². The Morgan fingerprint density at radius 2 is 1.88 bits per heavy atom. The summed E-state index contributed by atoms with van der Waals surface area (Å²) in [4.78, 5) is 4.29. The van der Waals surface area contributed by atoms with Crippen molar-refractivity contribution < 1.29 is 17.9 Å². The van der Waals surface area contributed by atoms with Crippen molar-refractivity contribution in [2.75, 3.05) is 13.2 Å². The lowest BCUT2D eigenvalue weighted by molar-refractivity contribution is 0.226. The summed E-state index contributed by atoms with van der Waals surface area (Å²) in [7, 11) is -3.79. The summed E-state index contributed by atoms with van der Waals surface area (Å²) in [6.07, 6.45) is 1.84. The molecule has 0 saturated heterocycles. The average molecular weight is 374 g/mol. The van der Waals surface area contributed by atoms with E-state index in [0.29, 0.717) is 16.5 Å². The number of aliphatic hydroxyl groups excluding tert-OH is 1. The molecular weight excluding hydrogens is 355 g/mol. The van der Waals surface area contributed by atoms with Crippen LogP contribution in [-0.2, 0) is 16.4 Å². The van der Waals surface area contributed by atoms with Gasteiger partial charge in [-0.05, 0) is 48.2 Å². The number of hydrogen-bond acceptors (Lipinski definition) is 4. The van der Waals surface area contributed by atoms with Crippen molar-refractivity contribution in [3.8, 4) is 0 Å². The van der Waals surface area contributed by atoms with Crippen LogP contribution in [0.5, 0.6) is 0 Å².